The van der Waals surface area contributed by atoms with Gasteiger partial charge in [-0.1, -0.05) is 49.8 Å². The van der Waals surface area contributed by atoms with E-state index in [4.69, 9.17) is 0 Å². The molecule has 3 rings (SSSR count). The predicted octanol–water partition coefficient (Wildman–Crippen LogP) is 3.71. The lowest BCUT2D eigenvalue weighted by molar-refractivity contribution is -0.135. The van der Waals surface area contributed by atoms with Crippen molar-refractivity contribution >= 4 is 11.4 Å². The number of hydrogen-bond donors (Lipinski definition) is 0. The number of allylic oxidation sites excluding steroid dienone is 2. The third-order valence-corrected chi connectivity index (χ3v) is 4.77. The molecule has 1 heteroatoms. The Hall–Kier alpha value is -1.37. The van der Waals surface area contributed by atoms with E-state index in [2.05, 4.69) is 45.0 Å². The summed E-state index contributed by atoms with van der Waals surface area (Å²) >= 11 is 0. The van der Waals surface area contributed by atoms with Crippen LogP contribution in [-0.4, -0.2) is 5.78 Å². The molecular formula is C16H18O. The molecule has 0 heterocycles. The molecule has 0 N–H and O–H groups in total. The van der Waals surface area contributed by atoms with Crippen LogP contribution in [0.3, 0.4) is 0 Å². The van der Waals surface area contributed by atoms with E-state index in [1.807, 2.05) is 6.07 Å². The normalized spacial score (nSPS) is 30.2. The SMILES string of the molecule is CC1=C(c2ccccc2)[C@H]2CC(=O)[C@@H]2C1(C)C. The number of Topliss-reactive ketones (excluding diaryl/α,β-unsaturated/α-hetero) is 1. The van der Waals surface area contributed by atoms with Crippen molar-refractivity contribution in [3.63, 3.8) is 0 Å². The quantitative estimate of drug-likeness (QED) is 0.713. The number of carbonyl (C=O) groups is 1. The molecule has 88 valence electrons. The maximum absolute atomic E-state index is 11.8. The average Bonchev–Trinajstić information content (AvgIpc) is 2.43. The van der Waals surface area contributed by atoms with Crippen molar-refractivity contribution in [1.82, 2.24) is 0 Å². The third kappa shape index (κ3) is 1.28. The minimum atomic E-state index is 0.0468. The lowest BCUT2D eigenvalue weighted by atomic mass is 9.62. The Labute approximate surface area is 103 Å². The fourth-order valence-electron chi connectivity index (χ4n) is 3.61. The average molecular weight is 226 g/mol. The van der Waals surface area contributed by atoms with Crippen LogP contribution in [0, 0.1) is 17.3 Å². The van der Waals surface area contributed by atoms with Crippen molar-refractivity contribution < 1.29 is 4.79 Å². The van der Waals surface area contributed by atoms with Crippen LogP contribution in [0.5, 0.6) is 0 Å². The highest BCUT2D eigenvalue weighted by molar-refractivity contribution is 5.97. The molecule has 1 saturated carbocycles. The van der Waals surface area contributed by atoms with Gasteiger partial charge in [0.2, 0.25) is 0 Å². The molecule has 1 aromatic carbocycles. The summed E-state index contributed by atoms with van der Waals surface area (Å²) in [5.41, 5.74) is 4.19. The zero-order valence-electron chi connectivity index (χ0n) is 10.7. The maximum Gasteiger partial charge on any atom is 0.138 e. The topological polar surface area (TPSA) is 17.1 Å². The Morgan fingerprint density at radius 1 is 1.18 bits per heavy atom. The largest absolute Gasteiger partial charge is 0.299 e. The van der Waals surface area contributed by atoms with E-state index in [9.17, 15) is 4.79 Å². The summed E-state index contributed by atoms with van der Waals surface area (Å²) < 4.78 is 0. The molecular weight excluding hydrogens is 208 g/mol. The lowest BCUT2D eigenvalue weighted by Gasteiger charge is -2.39. The van der Waals surface area contributed by atoms with Crippen molar-refractivity contribution in [2.75, 3.05) is 0 Å². The molecule has 0 radical (unpaired) electrons. The number of carbonyl (C=O) groups excluding carboxylic acids is 1. The van der Waals surface area contributed by atoms with Gasteiger partial charge in [0, 0.05) is 18.3 Å². The van der Waals surface area contributed by atoms with E-state index in [1.54, 1.807) is 0 Å². The van der Waals surface area contributed by atoms with Crippen LogP contribution in [0.4, 0.5) is 0 Å². The van der Waals surface area contributed by atoms with Crippen molar-refractivity contribution in [2.24, 2.45) is 17.3 Å². The number of hydrogen-bond acceptors (Lipinski definition) is 1. The van der Waals surface area contributed by atoms with Gasteiger partial charge in [0.15, 0.2) is 0 Å². The van der Waals surface area contributed by atoms with E-state index < -0.39 is 0 Å². The highest BCUT2D eigenvalue weighted by Gasteiger charge is 2.56. The number of benzene rings is 1. The van der Waals surface area contributed by atoms with E-state index >= 15 is 0 Å². The molecule has 0 unspecified atom stereocenters. The Balaban J connectivity index is 2.12. The number of fused-ring (bicyclic) bond motifs is 1. The first-order chi connectivity index (χ1) is 8.03. The van der Waals surface area contributed by atoms with Gasteiger partial charge in [-0.25, -0.2) is 0 Å². The Bertz CT molecular complexity index is 508. The Kier molecular flexibility index (Phi) is 2.10. The maximum atomic E-state index is 11.8. The summed E-state index contributed by atoms with van der Waals surface area (Å²) in [5.74, 6) is 1.16. The van der Waals surface area contributed by atoms with Crippen LogP contribution in [0.15, 0.2) is 35.9 Å². The van der Waals surface area contributed by atoms with Gasteiger partial charge in [0.05, 0.1) is 0 Å². The molecule has 0 aromatic heterocycles. The molecule has 17 heavy (non-hydrogen) atoms. The summed E-state index contributed by atoms with van der Waals surface area (Å²) in [7, 11) is 0. The molecule has 2 aliphatic rings. The van der Waals surface area contributed by atoms with Gasteiger partial charge in [-0.2, -0.15) is 0 Å². The van der Waals surface area contributed by atoms with Gasteiger partial charge in [0.25, 0.3) is 0 Å². The van der Waals surface area contributed by atoms with E-state index in [0.29, 0.717) is 11.7 Å². The van der Waals surface area contributed by atoms with Gasteiger partial charge in [-0.15, -0.1) is 0 Å². The fourth-order valence-corrected chi connectivity index (χ4v) is 3.61. The highest BCUT2D eigenvalue weighted by atomic mass is 16.1. The van der Waals surface area contributed by atoms with Crippen molar-refractivity contribution in [3.8, 4) is 0 Å². The first-order valence-corrected chi connectivity index (χ1v) is 6.33. The lowest BCUT2D eigenvalue weighted by Crippen LogP contribution is -2.42. The predicted molar refractivity (Wildman–Crippen MR) is 69.4 cm³/mol. The van der Waals surface area contributed by atoms with Gasteiger partial charge >= 0.3 is 0 Å². The monoisotopic (exact) mass is 226 g/mol. The second kappa shape index (κ2) is 3.32. The van der Waals surface area contributed by atoms with Crippen molar-refractivity contribution in [2.45, 2.75) is 27.2 Å². The Morgan fingerprint density at radius 2 is 1.82 bits per heavy atom. The second-order valence-electron chi connectivity index (χ2n) is 5.88. The van der Waals surface area contributed by atoms with Gasteiger partial charge < -0.3 is 0 Å². The first-order valence-electron chi connectivity index (χ1n) is 6.33. The molecule has 2 aliphatic carbocycles. The van der Waals surface area contributed by atoms with Crippen LogP contribution in [0.1, 0.15) is 32.8 Å². The standard InChI is InChI=1S/C16H18O/c1-10-14(11-7-5-4-6-8-11)12-9-13(17)15(12)16(10,2)3/h4-8,12,15H,9H2,1-3H3/t12-,15-/m1/s1. The molecule has 0 bridgehead atoms. The molecule has 1 nitrogen and oxygen atoms in total. The summed E-state index contributed by atoms with van der Waals surface area (Å²) in [5, 5.41) is 0. The fraction of sp³-hybridized carbons (Fsp3) is 0.438. The van der Waals surface area contributed by atoms with Crippen LogP contribution < -0.4 is 0 Å². The summed E-state index contributed by atoms with van der Waals surface area (Å²) in [6.45, 7) is 6.63. The minimum absolute atomic E-state index is 0.0468. The molecule has 0 aliphatic heterocycles. The summed E-state index contributed by atoms with van der Waals surface area (Å²) in [4.78, 5) is 11.8. The zero-order valence-corrected chi connectivity index (χ0v) is 10.7. The van der Waals surface area contributed by atoms with Crippen molar-refractivity contribution in [3.05, 3.63) is 41.5 Å². The van der Waals surface area contributed by atoms with Crippen LogP contribution in [0.25, 0.3) is 5.57 Å². The highest BCUT2D eigenvalue weighted by Crippen LogP contribution is 2.60. The van der Waals surface area contributed by atoms with Gasteiger partial charge in [-0.3, -0.25) is 4.79 Å². The number of ketones is 1. The smallest absolute Gasteiger partial charge is 0.138 e. The molecule has 1 fully saturated rings. The number of rotatable bonds is 1. The van der Waals surface area contributed by atoms with Gasteiger partial charge in [-0.05, 0) is 23.5 Å². The summed E-state index contributed by atoms with van der Waals surface area (Å²) in [6, 6.07) is 10.5. The van der Waals surface area contributed by atoms with Crippen LogP contribution in [-0.2, 0) is 4.79 Å². The second-order valence-corrected chi connectivity index (χ2v) is 5.88. The molecule has 0 spiro atoms. The molecule has 2 atom stereocenters. The van der Waals surface area contributed by atoms with Crippen LogP contribution >= 0.6 is 0 Å². The van der Waals surface area contributed by atoms with E-state index in [-0.39, 0.29) is 11.3 Å². The van der Waals surface area contributed by atoms with Crippen LogP contribution in [0.2, 0.25) is 0 Å². The third-order valence-electron chi connectivity index (χ3n) is 4.77. The van der Waals surface area contributed by atoms with E-state index in [1.165, 1.54) is 16.7 Å². The van der Waals surface area contributed by atoms with E-state index in [0.717, 1.165) is 6.42 Å². The Morgan fingerprint density at radius 3 is 2.35 bits per heavy atom. The summed E-state index contributed by atoms with van der Waals surface area (Å²) in [6.07, 6.45) is 0.746. The first kappa shape index (κ1) is 10.8. The van der Waals surface area contributed by atoms with Gasteiger partial charge in [0.1, 0.15) is 5.78 Å². The minimum Gasteiger partial charge on any atom is -0.299 e. The zero-order chi connectivity index (χ0) is 12.2. The van der Waals surface area contributed by atoms with Crippen molar-refractivity contribution in [1.29, 1.82) is 0 Å². The molecule has 0 saturated heterocycles. The molecule has 0 amide bonds. The molecule has 1 aromatic rings.